The first-order valence-electron chi connectivity index (χ1n) is 6.01. The molecule has 2 aromatic rings. The van der Waals surface area contributed by atoms with E-state index in [0.29, 0.717) is 6.54 Å². The zero-order valence-corrected chi connectivity index (χ0v) is 10.7. The average molecular weight is 229 g/mol. The van der Waals surface area contributed by atoms with E-state index in [4.69, 9.17) is 5.73 Å². The van der Waals surface area contributed by atoms with Crippen LogP contribution in [0.4, 0.5) is 0 Å². The van der Waals surface area contributed by atoms with Crippen molar-refractivity contribution in [3.05, 3.63) is 46.8 Å². The minimum absolute atomic E-state index is 0.563. The summed E-state index contributed by atoms with van der Waals surface area (Å²) in [6.07, 6.45) is 1.02. The number of aromatic nitrogens is 2. The Labute approximate surface area is 102 Å². The van der Waals surface area contributed by atoms with E-state index in [-0.39, 0.29) is 0 Å². The molecule has 1 aromatic carbocycles. The Hall–Kier alpha value is -1.61. The Morgan fingerprint density at radius 2 is 2.06 bits per heavy atom. The van der Waals surface area contributed by atoms with Crippen molar-refractivity contribution in [1.29, 1.82) is 0 Å². The molecule has 0 saturated carbocycles. The van der Waals surface area contributed by atoms with Crippen LogP contribution in [-0.2, 0) is 13.0 Å². The quantitative estimate of drug-likeness (QED) is 0.878. The van der Waals surface area contributed by atoms with Crippen LogP contribution in [0.25, 0.3) is 5.69 Å². The molecule has 0 radical (unpaired) electrons. The number of benzene rings is 1. The lowest BCUT2D eigenvalue weighted by Gasteiger charge is -2.06. The summed E-state index contributed by atoms with van der Waals surface area (Å²) in [4.78, 5) is 0. The zero-order valence-electron chi connectivity index (χ0n) is 10.7. The van der Waals surface area contributed by atoms with Crippen molar-refractivity contribution < 1.29 is 0 Å². The highest BCUT2D eigenvalue weighted by Crippen LogP contribution is 2.18. The van der Waals surface area contributed by atoms with E-state index >= 15 is 0 Å². The second-order valence-electron chi connectivity index (χ2n) is 4.29. The molecule has 0 spiro atoms. The summed E-state index contributed by atoms with van der Waals surface area (Å²) in [5, 5.41) is 4.60. The maximum atomic E-state index is 5.67. The third kappa shape index (κ3) is 2.11. The molecule has 0 unspecified atom stereocenters. The Morgan fingerprint density at radius 1 is 1.29 bits per heavy atom. The van der Waals surface area contributed by atoms with Crippen molar-refractivity contribution in [2.45, 2.75) is 33.7 Å². The third-order valence-corrected chi connectivity index (χ3v) is 3.19. The molecule has 1 aromatic heterocycles. The number of nitrogens with two attached hydrogens (primary N) is 1. The number of nitrogens with zero attached hydrogens (tertiary/aromatic N) is 2. The summed E-state index contributed by atoms with van der Waals surface area (Å²) in [6.45, 7) is 6.91. The van der Waals surface area contributed by atoms with Crippen molar-refractivity contribution in [1.82, 2.24) is 9.78 Å². The molecule has 17 heavy (non-hydrogen) atoms. The monoisotopic (exact) mass is 229 g/mol. The Morgan fingerprint density at radius 3 is 2.65 bits per heavy atom. The molecule has 90 valence electrons. The number of hydrogen-bond donors (Lipinski definition) is 1. The van der Waals surface area contributed by atoms with Gasteiger partial charge < -0.3 is 5.73 Å². The lowest BCUT2D eigenvalue weighted by molar-refractivity contribution is 0.830. The first kappa shape index (κ1) is 11.9. The largest absolute Gasteiger partial charge is 0.326 e. The fraction of sp³-hybridized carbons (Fsp3) is 0.357. The molecule has 0 fully saturated rings. The number of rotatable bonds is 3. The van der Waals surface area contributed by atoms with Gasteiger partial charge >= 0.3 is 0 Å². The van der Waals surface area contributed by atoms with Crippen molar-refractivity contribution in [2.75, 3.05) is 0 Å². The van der Waals surface area contributed by atoms with Crippen LogP contribution < -0.4 is 5.73 Å². The molecule has 0 saturated heterocycles. The van der Waals surface area contributed by atoms with Gasteiger partial charge in [-0.15, -0.1) is 0 Å². The summed E-state index contributed by atoms with van der Waals surface area (Å²) in [5.74, 6) is 0. The highest BCUT2D eigenvalue weighted by Gasteiger charge is 2.10. The van der Waals surface area contributed by atoms with Crippen LogP contribution in [0.1, 0.15) is 29.4 Å². The third-order valence-electron chi connectivity index (χ3n) is 3.19. The van der Waals surface area contributed by atoms with Gasteiger partial charge in [-0.2, -0.15) is 5.10 Å². The molecular weight excluding hydrogens is 210 g/mol. The van der Waals surface area contributed by atoms with Crippen LogP contribution in [0.5, 0.6) is 0 Å². The highest BCUT2D eigenvalue weighted by atomic mass is 15.3. The van der Waals surface area contributed by atoms with Gasteiger partial charge in [-0.05, 0) is 43.5 Å². The maximum Gasteiger partial charge on any atom is 0.0652 e. The summed E-state index contributed by atoms with van der Waals surface area (Å²) < 4.78 is 2.01. The molecule has 2 N–H and O–H groups in total. The first-order valence-corrected chi connectivity index (χ1v) is 6.01. The Kier molecular flexibility index (Phi) is 3.29. The average Bonchev–Trinajstić information content (AvgIpc) is 2.64. The number of hydrogen-bond acceptors (Lipinski definition) is 2. The minimum Gasteiger partial charge on any atom is -0.326 e. The summed E-state index contributed by atoms with van der Waals surface area (Å²) in [6, 6.07) is 8.23. The molecule has 3 heteroatoms. The molecule has 0 aliphatic rings. The van der Waals surface area contributed by atoms with Crippen molar-refractivity contribution in [3.8, 4) is 5.69 Å². The second kappa shape index (κ2) is 4.72. The van der Waals surface area contributed by atoms with Crippen LogP contribution in [0, 0.1) is 13.8 Å². The van der Waals surface area contributed by atoms with Gasteiger partial charge in [-0.25, -0.2) is 4.68 Å². The van der Waals surface area contributed by atoms with Crippen molar-refractivity contribution in [2.24, 2.45) is 5.73 Å². The van der Waals surface area contributed by atoms with Gasteiger partial charge in [-0.1, -0.05) is 19.1 Å². The van der Waals surface area contributed by atoms with Gasteiger partial charge in [0.05, 0.1) is 11.4 Å². The SMILES string of the molecule is CCc1c(C)nn(-c2cccc(CN)c2)c1C. The lowest BCUT2D eigenvalue weighted by Crippen LogP contribution is -2.02. The molecule has 0 atom stereocenters. The van der Waals surface area contributed by atoms with Crippen LogP contribution in [0.2, 0.25) is 0 Å². The van der Waals surface area contributed by atoms with Crippen LogP contribution in [0.3, 0.4) is 0 Å². The lowest BCUT2D eigenvalue weighted by atomic mass is 10.1. The van der Waals surface area contributed by atoms with Crippen LogP contribution >= 0.6 is 0 Å². The molecule has 0 bridgehead atoms. The van der Waals surface area contributed by atoms with Crippen molar-refractivity contribution >= 4 is 0 Å². The van der Waals surface area contributed by atoms with Crippen molar-refractivity contribution in [3.63, 3.8) is 0 Å². The van der Waals surface area contributed by atoms with E-state index in [2.05, 4.69) is 38.0 Å². The molecule has 3 nitrogen and oxygen atoms in total. The van der Waals surface area contributed by atoms with E-state index in [0.717, 1.165) is 23.4 Å². The fourth-order valence-corrected chi connectivity index (χ4v) is 2.25. The molecule has 1 heterocycles. The normalized spacial score (nSPS) is 10.8. The van der Waals surface area contributed by atoms with E-state index < -0.39 is 0 Å². The first-order chi connectivity index (χ1) is 8.17. The summed E-state index contributed by atoms with van der Waals surface area (Å²) >= 11 is 0. The highest BCUT2D eigenvalue weighted by molar-refractivity contribution is 5.39. The van der Waals surface area contributed by atoms with E-state index in [1.807, 2.05) is 16.8 Å². The standard InChI is InChI=1S/C14H19N3/c1-4-14-10(2)16-17(11(14)3)13-7-5-6-12(8-13)9-15/h5-8H,4,9,15H2,1-3H3. The zero-order chi connectivity index (χ0) is 12.4. The van der Waals surface area contributed by atoms with E-state index in [1.165, 1.54) is 11.3 Å². The van der Waals surface area contributed by atoms with Gasteiger partial charge in [0.1, 0.15) is 0 Å². The predicted octanol–water partition coefficient (Wildman–Crippen LogP) is 2.51. The second-order valence-corrected chi connectivity index (χ2v) is 4.29. The molecular formula is C14H19N3. The number of aryl methyl sites for hydroxylation is 1. The topological polar surface area (TPSA) is 43.8 Å². The Bertz CT molecular complexity index is 526. The van der Waals surface area contributed by atoms with Gasteiger partial charge in [0.25, 0.3) is 0 Å². The summed E-state index contributed by atoms with van der Waals surface area (Å²) in [5.41, 5.74) is 11.6. The fourth-order valence-electron chi connectivity index (χ4n) is 2.25. The van der Waals surface area contributed by atoms with E-state index in [1.54, 1.807) is 0 Å². The van der Waals surface area contributed by atoms with Gasteiger partial charge in [0.15, 0.2) is 0 Å². The van der Waals surface area contributed by atoms with E-state index in [9.17, 15) is 0 Å². The molecule has 0 amide bonds. The van der Waals surface area contributed by atoms with Crippen LogP contribution in [0.15, 0.2) is 24.3 Å². The Balaban J connectivity index is 2.52. The smallest absolute Gasteiger partial charge is 0.0652 e. The molecule has 0 aliphatic heterocycles. The van der Waals surface area contributed by atoms with Gasteiger partial charge in [0.2, 0.25) is 0 Å². The summed E-state index contributed by atoms with van der Waals surface area (Å²) in [7, 11) is 0. The maximum absolute atomic E-state index is 5.67. The molecule has 0 aliphatic carbocycles. The molecule has 2 rings (SSSR count). The predicted molar refractivity (Wildman–Crippen MR) is 70.3 cm³/mol. The van der Waals surface area contributed by atoms with Gasteiger partial charge in [0, 0.05) is 12.2 Å². The van der Waals surface area contributed by atoms with Crippen LogP contribution in [-0.4, -0.2) is 9.78 Å². The minimum atomic E-state index is 0.563. The van der Waals surface area contributed by atoms with Gasteiger partial charge in [-0.3, -0.25) is 0 Å².